The van der Waals surface area contributed by atoms with Gasteiger partial charge < -0.3 is 15.0 Å². The first kappa shape index (κ1) is 16.5. The van der Waals surface area contributed by atoms with Crippen molar-refractivity contribution in [2.75, 3.05) is 6.54 Å². The zero-order valence-corrected chi connectivity index (χ0v) is 14.2. The normalized spacial score (nSPS) is 21.6. The summed E-state index contributed by atoms with van der Waals surface area (Å²) in [6.07, 6.45) is 1.54. The molecule has 3 rings (SSSR count). The number of nitrogens with zero attached hydrogens (tertiary/aromatic N) is 2. The molecule has 1 fully saturated rings. The van der Waals surface area contributed by atoms with Crippen LogP contribution in [0.5, 0.6) is 0 Å². The Bertz CT molecular complexity index is 794. The molecule has 128 valence electrons. The van der Waals surface area contributed by atoms with E-state index >= 15 is 0 Å². The van der Waals surface area contributed by atoms with Gasteiger partial charge in [-0.2, -0.15) is 0 Å². The highest BCUT2D eigenvalue weighted by molar-refractivity contribution is 5.91. The van der Waals surface area contributed by atoms with Crippen LogP contribution < -0.4 is 5.32 Å². The van der Waals surface area contributed by atoms with Crippen molar-refractivity contribution in [2.45, 2.75) is 26.7 Å². The summed E-state index contributed by atoms with van der Waals surface area (Å²) in [6.45, 7) is 4.19. The van der Waals surface area contributed by atoms with Crippen molar-refractivity contribution >= 4 is 22.9 Å². The van der Waals surface area contributed by atoms with Gasteiger partial charge in [-0.1, -0.05) is 26.0 Å². The highest BCUT2D eigenvalue weighted by atomic mass is 16.4. The average Bonchev–Trinajstić information content (AvgIpc) is 2.98. The van der Waals surface area contributed by atoms with Gasteiger partial charge in [0, 0.05) is 20.0 Å². The summed E-state index contributed by atoms with van der Waals surface area (Å²) in [4.78, 5) is 27.9. The molecular formula is C18H23N3O3. The van der Waals surface area contributed by atoms with Crippen LogP contribution in [-0.2, 0) is 23.1 Å². The first-order valence-corrected chi connectivity index (χ1v) is 8.25. The van der Waals surface area contributed by atoms with Crippen molar-refractivity contribution in [3.8, 4) is 0 Å². The van der Waals surface area contributed by atoms with E-state index in [1.54, 1.807) is 0 Å². The molecule has 2 N–H and O–H groups in total. The SMILES string of the molecule is Cn1c(CCCNC(=O)[C@@H]2[C@H](C(=O)O)C2(C)C)nc2ccccc21. The Labute approximate surface area is 140 Å². The Hall–Kier alpha value is -2.37. The number of imidazole rings is 1. The Kier molecular flexibility index (Phi) is 4.07. The molecule has 1 aliphatic rings. The molecule has 1 aliphatic carbocycles. The van der Waals surface area contributed by atoms with Gasteiger partial charge in [-0.15, -0.1) is 0 Å². The average molecular weight is 329 g/mol. The highest BCUT2D eigenvalue weighted by Gasteiger charge is 2.65. The minimum atomic E-state index is -0.889. The van der Waals surface area contributed by atoms with Crippen molar-refractivity contribution in [1.82, 2.24) is 14.9 Å². The maximum absolute atomic E-state index is 12.2. The maximum atomic E-state index is 12.2. The van der Waals surface area contributed by atoms with Crippen LogP contribution in [0, 0.1) is 17.3 Å². The number of benzene rings is 1. The van der Waals surface area contributed by atoms with Gasteiger partial charge in [0.05, 0.1) is 22.9 Å². The summed E-state index contributed by atoms with van der Waals surface area (Å²) < 4.78 is 2.07. The number of hydrogen-bond donors (Lipinski definition) is 2. The molecule has 1 aromatic heterocycles. The number of carbonyl (C=O) groups excluding carboxylic acids is 1. The van der Waals surface area contributed by atoms with Crippen LogP contribution >= 0.6 is 0 Å². The van der Waals surface area contributed by atoms with Crippen LogP contribution in [0.15, 0.2) is 24.3 Å². The molecule has 2 atom stereocenters. The fraction of sp³-hybridized carbons (Fsp3) is 0.500. The Balaban J connectivity index is 1.51. The fourth-order valence-electron chi connectivity index (χ4n) is 3.58. The van der Waals surface area contributed by atoms with Crippen LogP contribution in [0.4, 0.5) is 0 Å². The number of aromatic nitrogens is 2. The van der Waals surface area contributed by atoms with Crippen LogP contribution in [0.25, 0.3) is 11.0 Å². The number of carbonyl (C=O) groups is 2. The van der Waals surface area contributed by atoms with E-state index in [0.717, 1.165) is 29.7 Å². The number of nitrogens with one attached hydrogen (secondary N) is 1. The molecule has 0 saturated heterocycles. The molecule has 1 saturated carbocycles. The molecule has 0 aliphatic heterocycles. The first-order chi connectivity index (χ1) is 11.3. The number of amides is 1. The summed E-state index contributed by atoms with van der Waals surface area (Å²) in [5, 5.41) is 12.0. The van der Waals surface area contributed by atoms with E-state index in [1.165, 1.54) is 0 Å². The summed E-state index contributed by atoms with van der Waals surface area (Å²) in [6, 6.07) is 7.98. The molecule has 1 heterocycles. The maximum Gasteiger partial charge on any atom is 0.307 e. The minimum absolute atomic E-state index is 0.155. The van der Waals surface area contributed by atoms with Gasteiger partial charge in [0.15, 0.2) is 0 Å². The number of hydrogen-bond acceptors (Lipinski definition) is 3. The number of para-hydroxylation sites is 2. The fourth-order valence-corrected chi connectivity index (χ4v) is 3.58. The molecule has 0 spiro atoms. The van der Waals surface area contributed by atoms with E-state index in [-0.39, 0.29) is 5.91 Å². The first-order valence-electron chi connectivity index (χ1n) is 8.25. The third-order valence-electron chi connectivity index (χ3n) is 5.13. The summed E-state index contributed by atoms with van der Waals surface area (Å²) in [5.41, 5.74) is 1.62. The Morgan fingerprint density at radius 2 is 2.00 bits per heavy atom. The molecule has 2 aromatic rings. The van der Waals surface area contributed by atoms with E-state index < -0.39 is 23.2 Å². The zero-order valence-electron chi connectivity index (χ0n) is 14.2. The Morgan fingerprint density at radius 3 is 2.62 bits per heavy atom. The lowest BCUT2D eigenvalue weighted by Gasteiger charge is -2.06. The van der Waals surface area contributed by atoms with Gasteiger partial charge in [-0.05, 0) is 24.0 Å². The molecule has 0 unspecified atom stereocenters. The number of rotatable bonds is 6. The predicted octanol–water partition coefficient (Wildman–Crippen LogP) is 1.98. The molecule has 6 nitrogen and oxygen atoms in total. The predicted molar refractivity (Wildman–Crippen MR) is 90.4 cm³/mol. The van der Waals surface area contributed by atoms with Gasteiger partial charge >= 0.3 is 5.97 Å². The van der Waals surface area contributed by atoms with Crippen molar-refractivity contribution in [3.63, 3.8) is 0 Å². The molecule has 1 aromatic carbocycles. The van der Waals surface area contributed by atoms with E-state index in [9.17, 15) is 9.59 Å². The number of fused-ring (bicyclic) bond motifs is 1. The van der Waals surface area contributed by atoms with E-state index in [1.807, 2.05) is 45.2 Å². The van der Waals surface area contributed by atoms with Crippen molar-refractivity contribution in [2.24, 2.45) is 24.3 Å². The number of aliphatic carboxylic acids is 1. The standard InChI is InChI=1S/C18H23N3O3/c1-18(2)14(15(18)17(23)24)16(22)19-10-6-9-13-20-11-7-4-5-8-12(11)21(13)3/h4-5,7-8,14-15H,6,9-10H2,1-3H3,(H,19,22)(H,23,24)/t14-,15+/m0/s1. The zero-order chi connectivity index (χ0) is 17.5. The summed E-state index contributed by atoms with van der Waals surface area (Å²) in [7, 11) is 1.99. The van der Waals surface area contributed by atoms with Gasteiger partial charge in [0.1, 0.15) is 5.82 Å². The molecule has 24 heavy (non-hydrogen) atoms. The van der Waals surface area contributed by atoms with Gasteiger partial charge in [-0.3, -0.25) is 9.59 Å². The Morgan fingerprint density at radius 1 is 1.29 bits per heavy atom. The monoisotopic (exact) mass is 329 g/mol. The van der Waals surface area contributed by atoms with E-state index in [4.69, 9.17) is 5.11 Å². The lowest BCUT2D eigenvalue weighted by molar-refractivity contribution is -0.140. The number of carboxylic acid groups (broad SMARTS) is 1. The smallest absolute Gasteiger partial charge is 0.307 e. The molecule has 0 radical (unpaired) electrons. The van der Waals surface area contributed by atoms with Crippen LogP contribution in [0.2, 0.25) is 0 Å². The van der Waals surface area contributed by atoms with Crippen LogP contribution in [-0.4, -0.2) is 33.1 Å². The van der Waals surface area contributed by atoms with Crippen molar-refractivity contribution in [3.05, 3.63) is 30.1 Å². The third kappa shape index (κ3) is 2.77. The second kappa shape index (κ2) is 5.92. The number of carboxylic acids is 1. The molecular weight excluding hydrogens is 306 g/mol. The minimum Gasteiger partial charge on any atom is -0.481 e. The summed E-state index contributed by atoms with van der Waals surface area (Å²) >= 11 is 0. The largest absolute Gasteiger partial charge is 0.481 e. The summed E-state index contributed by atoms with van der Waals surface area (Å²) in [5.74, 6) is -1.05. The van der Waals surface area contributed by atoms with Crippen molar-refractivity contribution < 1.29 is 14.7 Å². The van der Waals surface area contributed by atoms with Crippen molar-refractivity contribution in [1.29, 1.82) is 0 Å². The topological polar surface area (TPSA) is 84.2 Å². The highest BCUT2D eigenvalue weighted by Crippen LogP contribution is 2.58. The lowest BCUT2D eigenvalue weighted by Crippen LogP contribution is -2.28. The van der Waals surface area contributed by atoms with Gasteiger partial charge in [0.2, 0.25) is 5.91 Å². The van der Waals surface area contributed by atoms with Crippen LogP contribution in [0.3, 0.4) is 0 Å². The number of aryl methyl sites for hydroxylation is 2. The quantitative estimate of drug-likeness (QED) is 0.794. The lowest BCUT2D eigenvalue weighted by atomic mass is 10.1. The second-order valence-electron chi connectivity index (χ2n) is 7.09. The van der Waals surface area contributed by atoms with Crippen LogP contribution in [0.1, 0.15) is 26.1 Å². The van der Waals surface area contributed by atoms with E-state index in [0.29, 0.717) is 6.54 Å². The second-order valence-corrected chi connectivity index (χ2v) is 7.09. The molecule has 1 amide bonds. The molecule has 6 heteroatoms. The van der Waals surface area contributed by atoms with Gasteiger partial charge in [-0.25, -0.2) is 4.98 Å². The van der Waals surface area contributed by atoms with Gasteiger partial charge in [0.25, 0.3) is 0 Å². The molecule has 0 bridgehead atoms. The third-order valence-corrected chi connectivity index (χ3v) is 5.13. The van der Waals surface area contributed by atoms with E-state index in [2.05, 4.69) is 14.9 Å².